The standard InChI is InChI=1S/C26H26N2O5/c1-26(2)14-19(27-18-10-5-6-11-20(18)29)23(22(31)15-26)21(30)12-7-13-28-24(32)16-8-3-4-9-17(16)25(28)33/h3-6,8-11,29-30H,7,12-15H2,1-2H3. The summed E-state index contributed by atoms with van der Waals surface area (Å²) in [5, 5.41) is 20.9. The number of imide groups is 1. The van der Waals surface area contributed by atoms with Crippen molar-refractivity contribution < 1.29 is 24.6 Å². The lowest BCUT2D eigenvalue weighted by atomic mass is 9.73. The smallest absolute Gasteiger partial charge is 0.261 e. The lowest BCUT2D eigenvalue weighted by Gasteiger charge is -2.31. The molecule has 1 aliphatic heterocycles. The van der Waals surface area contributed by atoms with Crippen LogP contribution in [-0.2, 0) is 4.79 Å². The molecule has 1 saturated carbocycles. The zero-order chi connectivity index (χ0) is 23.8. The first-order valence-corrected chi connectivity index (χ1v) is 10.9. The van der Waals surface area contributed by atoms with Crippen LogP contribution < -0.4 is 0 Å². The number of aliphatic hydroxyl groups is 1. The van der Waals surface area contributed by atoms with Crippen LogP contribution in [0.5, 0.6) is 5.75 Å². The number of fused-ring (bicyclic) bond motifs is 1. The van der Waals surface area contributed by atoms with Gasteiger partial charge in [0.25, 0.3) is 11.8 Å². The summed E-state index contributed by atoms with van der Waals surface area (Å²) in [7, 11) is 0. The van der Waals surface area contributed by atoms with Crippen molar-refractivity contribution in [2.45, 2.75) is 39.5 Å². The van der Waals surface area contributed by atoms with Crippen LogP contribution in [0.15, 0.2) is 64.9 Å². The summed E-state index contributed by atoms with van der Waals surface area (Å²) in [5.74, 6) is -1.02. The first kappa shape index (κ1) is 22.5. The van der Waals surface area contributed by atoms with E-state index in [1.807, 2.05) is 13.8 Å². The van der Waals surface area contributed by atoms with Crippen molar-refractivity contribution in [2.75, 3.05) is 6.54 Å². The van der Waals surface area contributed by atoms with E-state index in [9.17, 15) is 24.6 Å². The zero-order valence-electron chi connectivity index (χ0n) is 18.7. The molecule has 0 radical (unpaired) electrons. The number of Topliss-reactive ketones (excluding diaryl/α,β-unsaturated/α-hetero) is 1. The van der Waals surface area contributed by atoms with E-state index in [0.29, 0.717) is 35.4 Å². The van der Waals surface area contributed by atoms with Gasteiger partial charge in [-0.15, -0.1) is 0 Å². The summed E-state index contributed by atoms with van der Waals surface area (Å²) in [6, 6.07) is 13.3. The molecule has 0 unspecified atom stereocenters. The van der Waals surface area contributed by atoms with Crippen molar-refractivity contribution >= 4 is 29.0 Å². The second-order valence-electron chi connectivity index (χ2n) is 9.22. The van der Waals surface area contributed by atoms with Crippen molar-refractivity contribution in [3.63, 3.8) is 0 Å². The maximum atomic E-state index is 12.9. The number of aliphatic hydroxyl groups excluding tert-OH is 1. The van der Waals surface area contributed by atoms with Crippen LogP contribution in [-0.4, -0.2) is 45.0 Å². The highest BCUT2D eigenvalue weighted by atomic mass is 16.3. The van der Waals surface area contributed by atoms with Gasteiger partial charge in [-0.1, -0.05) is 38.1 Å². The molecule has 33 heavy (non-hydrogen) atoms. The molecule has 2 aliphatic rings. The van der Waals surface area contributed by atoms with Crippen molar-refractivity contribution in [3.05, 3.63) is 71.0 Å². The third kappa shape index (κ3) is 4.44. The Kier molecular flexibility index (Phi) is 5.89. The SMILES string of the molecule is CC1(C)CC(=O)C(=C(O)CCCN2C(=O)c3ccccc3C2=O)C(=Nc2ccccc2O)C1. The van der Waals surface area contributed by atoms with E-state index < -0.39 is 0 Å². The van der Waals surface area contributed by atoms with E-state index in [1.165, 1.54) is 11.0 Å². The quantitative estimate of drug-likeness (QED) is 0.392. The Morgan fingerprint density at radius 1 is 0.970 bits per heavy atom. The van der Waals surface area contributed by atoms with Crippen molar-refractivity contribution in [3.8, 4) is 5.75 Å². The summed E-state index contributed by atoms with van der Waals surface area (Å²) in [4.78, 5) is 43.7. The number of benzene rings is 2. The van der Waals surface area contributed by atoms with Gasteiger partial charge >= 0.3 is 0 Å². The number of hydrogen-bond acceptors (Lipinski definition) is 6. The normalized spacial score (nSPS) is 20.4. The Morgan fingerprint density at radius 3 is 2.21 bits per heavy atom. The number of carbonyl (C=O) groups is 3. The number of aliphatic imine (C=N–C) groups is 1. The van der Waals surface area contributed by atoms with E-state index in [0.717, 1.165) is 0 Å². The number of phenolic OH excluding ortho intramolecular Hbond substituents is 1. The van der Waals surface area contributed by atoms with E-state index in [2.05, 4.69) is 4.99 Å². The van der Waals surface area contributed by atoms with Crippen LogP contribution in [0.4, 0.5) is 5.69 Å². The van der Waals surface area contributed by atoms with Gasteiger partial charge < -0.3 is 10.2 Å². The molecule has 2 N–H and O–H groups in total. The molecule has 0 bridgehead atoms. The lowest BCUT2D eigenvalue weighted by molar-refractivity contribution is -0.117. The van der Waals surface area contributed by atoms with Crippen LogP contribution in [0.1, 0.15) is 60.2 Å². The molecule has 0 aromatic heterocycles. The first-order chi connectivity index (χ1) is 15.7. The number of rotatable bonds is 5. The molecule has 170 valence electrons. The van der Waals surface area contributed by atoms with Crippen LogP contribution in [0.25, 0.3) is 0 Å². The molecule has 0 spiro atoms. The fraction of sp³-hybridized carbons (Fsp3) is 0.308. The second kappa shape index (κ2) is 8.65. The number of phenols is 1. The molecule has 7 nitrogen and oxygen atoms in total. The molecule has 2 aromatic rings. The predicted octanol–water partition coefficient (Wildman–Crippen LogP) is 4.74. The largest absolute Gasteiger partial charge is 0.511 e. The summed E-state index contributed by atoms with van der Waals surface area (Å²) >= 11 is 0. The maximum Gasteiger partial charge on any atom is 0.261 e. The highest BCUT2D eigenvalue weighted by molar-refractivity contribution is 6.25. The monoisotopic (exact) mass is 446 g/mol. The van der Waals surface area contributed by atoms with Crippen LogP contribution in [0.2, 0.25) is 0 Å². The number of ketones is 1. The number of allylic oxidation sites excluding steroid dienone is 2. The molecular weight excluding hydrogens is 420 g/mol. The predicted molar refractivity (Wildman–Crippen MR) is 124 cm³/mol. The van der Waals surface area contributed by atoms with Gasteiger partial charge in [-0.3, -0.25) is 19.3 Å². The van der Waals surface area contributed by atoms with E-state index in [-0.39, 0.29) is 59.5 Å². The third-order valence-corrected chi connectivity index (χ3v) is 5.95. The number of aromatic hydroxyl groups is 1. The number of carbonyl (C=O) groups excluding carboxylic acids is 3. The Hall–Kier alpha value is -3.74. The minimum absolute atomic E-state index is 0.00899. The van der Waals surface area contributed by atoms with Gasteiger partial charge in [-0.2, -0.15) is 0 Å². The minimum Gasteiger partial charge on any atom is -0.511 e. The molecule has 1 fully saturated rings. The summed E-state index contributed by atoms with van der Waals surface area (Å²) in [6.45, 7) is 4.05. The Balaban J connectivity index is 1.55. The van der Waals surface area contributed by atoms with Crippen molar-refractivity contribution in [2.24, 2.45) is 10.4 Å². The molecule has 1 aliphatic carbocycles. The Morgan fingerprint density at radius 2 is 1.58 bits per heavy atom. The van der Waals surface area contributed by atoms with Gasteiger partial charge in [0, 0.05) is 19.4 Å². The van der Waals surface area contributed by atoms with Crippen molar-refractivity contribution in [1.82, 2.24) is 4.90 Å². The molecular formula is C26H26N2O5. The van der Waals surface area contributed by atoms with Gasteiger partial charge in [0.05, 0.1) is 22.4 Å². The van der Waals surface area contributed by atoms with E-state index in [4.69, 9.17) is 0 Å². The second-order valence-corrected chi connectivity index (χ2v) is 9.22. The third-order valence-electron chi connectivity index (χ3n) is 5.95. The molecule has 1 heterocycles. The average molecular weight is 447 g/mol. The fourth-order valence-corrected chi connectivity index (χ4v) is 4.39. The summed E-state index contributed by atoms with van der Waals surface area (Å²) < 4.78 is 0. The number of amides is 2. The number of hydrogen-bond donors (Lipinski definition) is 2. The van der Waals surface area contributed by atoms with Gasteiger partial charge in [0.15, 0.2) is 5.78 Å². The zero-order valence-corrected chi connectivity index (χ0v) is 18.7. The first-order valence-electron chi connectivity index (χ1n) is 10.9. The molecule has 0 atom stereocenters. The van der Waals surface area contributed by atoms with Crippen LogP contribution in [0, 0.1) is 5.41 Å². The fourth-order valence-electron chi connectivity index (χ4n) is 4.39. The minimum atomic E-state index is -0.347. The lowest BCUT2D eigenvalue weighted by Crippen LogP contribution is -2.33. The number of nitrogens with zero attached hydrogens (tertiary/aromatic N) is 2. The topological polar surface area (TPSA) is 107 Å². The molecule has 0 saturated heterocycles. The van der Waals surface area contributed by atoms with Crippen LogP contribution in [0.3, 0.4) is 0 Å². The average Bonchev–Trinajstić information content (AvgIpc) is 2.99. The maximum absolute atomic E-state index is 12.9. The van der Waals surface area contributed by atoms with Gasteiger partial charge in [0.2, 0.25) is 0 Å². The van der Waals surface area contributed by atoms with E-state index >= 15 is 0 Å². The van der Waals surface area contributed by atoms with Crippen molar-refractivity contribution in [1.29, 1.82) is 0 Å². The highest BCUT2D eigenvalue weighted by Crippen LogP contribution is 2.38. The summed E-state index contributed by atoms with van der Waals surface area (Å²) in [6.07, 6.45) is 1.16. The van der Waals surface area contributed by atoms with E-state index in [1.54, 1.807) is 42.5 Å². The van der Waals surface area contributed by atoms with Crippen LogP contribution >= 0.6 is 0 Å². The molecule has 4 rings (SSSR count). The molecule has 2 aromatic carbocycles. The van der Waals surface area contributed by atoms with Gasteiger partial charge in [0.1, 0.15) is 17.2 Å². The highest BCUT2D eigenvalue weighted by Gasteiger charge is 2.37. The van der Waals surface area contributed by atoms with Gasteiger partial charge in [-0.05, 0) is 42.5 Å². The molecule has 2 amide bonds. The van der Waals surface area contributed by atoms with Gasteiger partial charge in [-0.25, -0.2) is 4.99 Å². The Bertz CT molecular complexity index is 1170. The number of para-hydroxylation sites is 2. The summed E-state index contributed by atoms with van der Waals surface area (Å²) in [5.41, 5.74) is 1.36. The molecule has 7 heteroatoms. The Labute approximate surface area is 192 Å².